The summed E-state index contributed by atoms with van der Waals surface area (Å²) in [7, 11) is 0. The van der Waals surface area contributed by atoms with Gasteiger partial charge in [0, 0.05) is 24.1 Å². The van der Waals surface area contributed by atoms with Crippen LogP contribution in [0.1, 0.15) is 36.9 Å². The number of benzene rings is 1. The van der Waals surface area contributed by atoms with Crippen molar-refractivity contribution in [1.82, 2.24) is 10.1 Å². The van der Waals surface area contributed by atoms with Crippen LogP contribution in [-0.4, -0.2) is 39.1 Å². The number of carbonyl (C=O) groups is 2. The van der Waals surface area contributed by atoms with Crippen molar-refractivity contribution in [3.63, 3.8) is 0 Å². The third-order valence-electron chi connectivity index (χ3n) is 3.81. The zero-order valence-corrected chi connectivity index (χ0v) is 15.6. The quantitative estimate of drug-likeness (QED) is 0.562. The van der Waals surface area contributed by atoms with Gasteiger partial charge in [0.2, 0.25) is 0 Å². The van der Waals surface area contributed by atoms with Crippen molar-refractivity contribution in [2.75, 3.05) is 6.54 Å². The lowest BCUT2D eigenvalue weighted by Crippen LogP contribution is -2.44. The summed E-state index contributed by atoms with van der Waals surface area (Å²) in [6, 6.07) is 3.92. The monoisotopic (exact) mass is 393 g/mol. The van der Waals surface area contributed by atoms with E-state index in [4.69, 9.17) is 20.9 Å². The Morgan fingerprint density at radius 2 is 2.11 bits per heavy atom. The maximum absolute atomic E-state index is 12.9. The molecule has 9 nitrogen and oxygen atoms in total. The summed E-state index contributed by atoms with van der Waals surface area (Å²) < 4.78 is 10.5. The van der Waals surface area contributed by atoms with E-state index in [1.165, 1.54) is 18.2 Å². The average Bonchev–Trinajstić information content (AvgIpc) is 2.97. The Morgan fingerprint density at radius 3 is 2.74 bits per heavy atom. The predicted molar refractivity (Wildman–Crippen MR) is 94.6 cm³/mol. The number of halogens is 1. The maximum Gasteiger partial charge on any atom is 0.417 e. The Kier molecular flexibility index (Phi) is 4.64. The largest absolute Gasteiger partial charge is 0.443 e. The molecule has 1 aliphatic heterocycles. The second kappa shape index (κ2) is 6.66. The molecule has 142 valence electrons. The van der Waals surface area contributed by atoms with Crippen LogP contribution in [0, 0.1) is 10.1 Å². The highest BCUT2D eigenvalue weighted by atomic mass is 35.5. The van der Waals surface area contributed by atoms with Crippen molar-refractivity contribution >= 4 is 29.3 Å². The maximum atomic E-state index is 12.9. The summed E-state index contributed by atoms with van der Waals surface area (Å²) in [6.45, 7) is 5.12. The molecular weight excluding hydrogens is 378 g/mol. The molecule has 1 aromatic heterocycles. The number of nitro groups is 1. The SMILES string of the molecule is CC(C)(C)OC(=O)N1CCc2onc(-c3cc(Cl)ccc3[N+](=O)[O-])c2C1=O. The van der Waals surface area contributed by atoms with Gasteiger partial charge in [0.15, 0.2) is 5.76 Å². The lowest BCUT2D eigenvalue weighted by atomic mass is 10.00. The summed E-state index contributed by atoms with van der Waals surface area (Å²) in [5.41, 5.74) is -1.05. The molecule has 10 heteroatoms. The Morgan fingerprint density at radius 1 is 1.41 bits per heavy atom. The van der Waals surface area contributed by atoms with Crippen LogP contribution in [0.3, 0.4) is 0 Å². The molecule has 2 aromatic rings. The van der Waals surface area contributed by atoms with Crippen molar-refractivity contribution in [3.8, 4) is 11.3 Å². The third kappa shape index (κ3) is 3.63. The van der Waals surface area contributed by atoms with E-state index in [0.717, 1.165) is 4.90 Å². The lowest BCUT2D eigenvalue weighted by Gasteiger charge is -2.28. The number of imide groups is 1. The summed E-state index contributed by atoms with van der Waals surface area (Å²) in [5.74, 6) is -0.430. The number of nitro benzene ring substituents is 1. The van der Waals surface area contributed by atoms with Gasteiger partial charge >= 0.3 is 6.09 Å². The molecule has 3 rings (SSSR count). The standard InChI is InChI=1S/C17H16ClN3O6/c1-17(2,3)26-16(23)20-7-6-12-13(15(20)22)14(19-27-12)10-8-9(18)4-5-11(10)21(24)25/h4-5,8H,6-7H2,1-3H3. The van der Waals surface area contributed by atoms with Gasteiger partial charge < -0.3 is 9.26 Å². The van der Waals surface area contributed by atoms with Crippen LogP contribution in [0.25, 0.3) is 11.3 Å². The number of hydrogen-bond acceptors (Lipinski definition) is 7. The fraction of sp³-hybridized carbons (Fsp3) is 0.353. The van der Waals surface area contributed by atoms with E-state index >= 15 is 0 Å². The Hall–Kier alpha value is -2.94. The number of amides is 2. The zero-order valence-electron chi connectivity index (χ0n) is 14.8. The fourth-order valence-electron chi connectivity index (χ4n) is 2.70. The van der Waals surface area contributed by atoms with Crippen molar-refractivity contribution < 1.29 is 23.8 Å². The number of rotatable bonds is 2. The minimum absolute atomic E-state index is 0.00234. The molecule has 0 N–H and O–H groups in total. The molecule has 0 atom stereocenters. The van der Waals surface area contributed by atoms with E-state index in [0.29, 0.717) is 0 Å². The van der Waals surface area contributed by atoms with E-state index in [2.05, 4.69) is 5.16 Å². The minimum Gasteiger partial charge on any atom is -0.443 e. The van der Waals surface area contributed by atoms with E-state index in [-0.39, 0.29) is 46.3 Å². The molecule has 1 aromatic carbocycles. The molecule has 0 spiro atoms. The third-order valence-corrected chi connectivity index (χ3v) is 4.04. The first-order valence-electron chi connectivity index (χ1n) is 8.06. The molecule has 1 aliphatic rings. The highest BCUT2D eigenvalue weighted by Crippen LogP contribution is 2.37. The van der Waals surface area contributed by atoms with Gasteiger partial charge in [-0.15, -0.1) is 0 Å². The summed E-state index contributed by atoms with van der Waals surface area (Å²) in [5, 5.41) is 15.4. The van der Waals surface area contributed by atoms with Crippen LogP contribution >= 0.6 is 11.6 Å². The summed E-state index contributed by atoms with van der Waals surface area (Å²) in [4.78, 5) is 36.9. The molecule has 0 unspecified atom stereocenters. The number of ether oxygens (including phenoxy) is 1. The minimum atomic E-state index is -0.800. The number of carbonyl (C=O) groups excluding carboxylic acids is 2. The first kappa shape index (κ1) is 18.8. The molecule has 27 heavy (non-hydrogen) atoms. The van der Waals surface area contributed by atoms with Gasteiger partial charge in [-0.3, -0.25) is 14.9 Å². The van der Waals surface area contributed by atoms with Crippen LogP contribution in [0.15, 0.2) is 22.7 Å². The van der Waals surface area contributed by atoms with Crippen LogP contribution in [0.4, 0.5) is 10.5 Å². The van der Waals surface area contributed by atoms with Crippen LogP contribution < -0.4 is 0 Å². The Labute approximate surface area is 159 Å². The smallest absolute Gasteiger partial charge is 0.417 e. The van der Waals surface area contributed by atoms with Gasteiger partial charge in [0.05, 0.1) is 10.5 Å². The van der Waals surface area contributed by atoms with Crippen molar-refractivity contribution in [2.24, 2.45) is 0 Å². The van der Waals surface area contributed by atoms with Gasteiger partial charge in [0.1, 0.15) is 16.9 Å². The molecule has 2 heterocycles. The summed E-state index contributed by atoms with van der Waals surface area (Å²) in [6.07, 6.45) is -0.576. The number of hydrogen-bond donors (Lipinski definition) is 0. The van der Waals surface area contributed by atoms with Crippen LogP contribution in [-0.2, 0) is 11.2 Å². The van der Waals surface area contributed by atoms with Crippen molar-refractivity contribution in [3.05, 3.63) is 44.7 Å². The first-order chi connectivity index (χ1) is 12.6. The number of nitrogens with zero attached hydrogens (tertiary/aromatic N) is 3. The second-order valence-corrected chi connectivity index (χ2v) is 7.37. The number of fused-ring (bicyclic) bond motifs is 1. The highest BCUT2D eigenvalue weighted by molar-refractivity contribution is 6.31. The van der Waals surface area contributed by atoms with Gasteiger partial charge in [-0.05, 0) is 32.9 Å². The molecular formula is C17H16ClN3O6. The average molecular weight is 394 g/mol. The molecule has 0 aliphatic carbocycles. The second-order valence-electron chi connectivity index (χ2n) is 6.94. The van der Waals surface area contributed by atoms with E-state index < -0.39 is 22.5 Å². The summed E-state index contributed by atoms with van der Waals surface area (Å²) >= 11 is 5.96. The van der Waals surface area contributed by atoms with Crippen LogP contribution in [0.2, 0.25) is 5.02 Å². The topological polar surface area (TPSA) is 116 Å². The highest BCUT2D eigenvalue weighted by Gasteiger charge is 2.38. The molecule has 2 amide bonds. The Balaban J connectivity index is 2.05. The van der Waals surface area contributed by atoms with Gasteiger partial charge in [-0.25, -0.2) is 9.69 Å². The van der Waals surface area contributed by atoms with Crippen LogP contribution in [0.5, 0.6) is 0 Å². The zero-order chi connectivity index (χ0) is 19.9. The Bertz CT molecular complexity index is 947. The van der Waals surface area contributed by atoms with E-state index in [1.54, 1.807) is 20.8 Å². The predicted octanol–water partition coefficient (Wildman–Crippen LogP) is 3.84. The molecule has 0 radical (unpaired) electrons. The van der Waals surface area contributed by atoms with Crippen molar-refractivity contribution in [2.45, 2.75) is 32.8 Å². The van der Waals surface area contributed by atoms with E-state index in [1.807, 2.05) is 0 Å². The van der Waals surface area contributed by atoms with Gasteiger partial charge in [0.25, 0.3) is 11.6 Å². The molecule has 0 fully saturated rings. The molecule has 0 bridgehead atoms. The number of aromatic nitrogens is 1. The molecule has 0 saturated heterocycles. The van der Waals surface area contributed by atoms with Gasteiger partial charge in [-0.1, -0.05) is 16.8 Å². The fourth-order valence-corrected chi connectivity index (χ4v) is 2.87. The van der Waals surface area contributed by atoms with E-state index in [9.17, 15) is 19.7 Å². The first-order valence-corrected chi connectivity index (χ1v) is 8.44. The lowest BCUT2D eigenvalue weighted by molar-refractivity contribution is -0.384. The van der Waals surface area contributed by atoms with Gasteiger partial charge in [-0.2, -0.15) is 0 Å². The van der Waals surface area contributed by atoms with Crippen molar-refractivity contribution in [1.29, 1.82) is 0 Å². The molecule has 0 saturated carbocycles. The normalized spacial score (nSPS) is 14.1.